The van der Waals surface area contributed by atoms with Crippen molar-refractivity contribution in [3.63, 3.8) is 0 Å². The van der Waals surface area contributed by atoms with Crippen molar-refractivity contribution < 1.29 is 13.2 Å². The molecule has 106 valence electrons. The summed E-state index contributed by atoms with van der Waals surface area (Å²) in [6.45, 7) is 0.223. The molecule has 0 spiro atoms. The van der Waals surface area contributed by atoms with Gasteiger partial charge >= 0.3 is 0 Å². The molecule has 0 bridgehead atoms. The Morgan fingerprint density at radius 2 is 1.90 bits per heavy atom. The van der Waals surface area contributed by atoms with Gasteiger partial charge in [0.25, 0.3) is 9.05 Å². The Balaban J connectivity index is 2.26. The average Bonchev–Trinajstić information content (AvgIpc) is 2.36. The van der Waals surface area contributed by atoms with Crippen molar-refractivity contribution in [2.75, 3.05) is 0 Å². The van der Waals surface area contributed by atoms with Gasteiger partial charge in [-0.2, -0.15) is 0 Å². The van der Waals surface area contributed by atoms with Crippen molar-refractivity contribution in [3.8, 4) is 5.75 Å². The van der Waals surface area contributed by atoms with Gasteiger partial charge in [-0.1, -0.05) is 39.7 Å². The molecule has 2 rings (SSSR count). The van der Waals surface area contributed by atoms with Gasteiger partial charge in [0, 0.05) is 20.2 Å². The molecule has 0 aromatic heterocycles. The Morgan fingerprint density at radius 3 is 2.55 bits per heavy atom. The Labute approximate surface area is 135 Å². The van der Waals surface area contributed by atoms with Crippen LogP contribution in [0.2, 0.25) is 5.02 Å². The molecule has 0 aliphatic heterocycles. The first-order chi connectivity index (χ1) is 9.36. The largest absolute Gasteiger partial charge is 0.487 e. The van der Waals surface area contributed by atoms with Crippen LogP contribution in [0.1, 0.15) is 5.56 Å². The van der Waals surface area contributed by atoms with Gasteiger partial charge in [0.2, 0.25) is 0 Å². The molecular weight excluding hydrogens is 387 g/mol. The van der Waals surface area contributed by atoms with Crippen LogP contribution in [0, 0.1) is 0 Å². The second-order valence-electron chi connectivity index (χ2n) is 3.95. The van der Waals surface area contributed by atoms with Crippen LogP contribution in [-0.2, 0) is 15.7 Å². The van der Waals surface area contributed by atoms with Gasteiger partial charge in [0.1, 0.15) is 17.3 Å². The minimum atomic E-state index is -3.92. The minimum absolute atomic E-state index is 0.137. The summed E-state index contributed by atoms with van der Waals surface area (Å²) in [7, 11) is 1.45. The van der Waals surface area contributed by atoms with E-state index in [1.165, 1.54) is 12.1 Å². The molecule has 0 heterocycles. The maximum Gasteiger partial charge on any atom is 0.265 e. The maximum atomic E-state index is 11.5. The Kier molecular flexibility index (Phi) is 4.96. The Hall–Kier alpha value is -0.750. The van der Waals surface area contributed by atoms with Gasteiger partial charge in [0.15, 0.2) is 0 Å². The van der Waals surface area contributed by atoms with Gasteiger partial charge < -0.3 is 4.74 Å². The molecule has 0 aliphatic carbocycles. The van der Waals surface area contributed by atoms with Crippen molar-refractivity contribution in [1.82, 2.24) is 0 Å². The second-order valence-corrected chi connectivity index (χ2v) is 7.83. The van der Waals surface area contributed by atoms with E-state index in [9.17, 15) is 8.42 Å². The molecule has 0 unspecified atom stereocenters. The van der Waals surface area contributed by atoms with E-state index in [0.29, 0.717) is 0 Å². The molecule has 0 radical (unpaired) electrons. The third kappa shape index (κ3) is 4.12. The van der Waals surface area contributed by atoms with Gasteiger partial charge in [0.05, 0.1) is 0 Å². The first-order valence-electron chi connectivity index (χ1n) is 5.48. The van der Waals surface area contributed by atoms with Crippen molar-refractivity contribution in [1.29, 1.82) is 0 Å². The van der Waals surface area contributed by atoms with Crippen molar-refractivity contribution in [2.45, 2.75) is 11.5 Å². The SMILES string of the molecule is O=S(=O)(Cl)c1cc(Cl)ccc1OCc1cccc(Br)c1. The highest BCUT2D eigenvalue weighted by atomic mass is 79.9. The predicted molar refractivity (Wildman–Crippen MR) is 83.0 cm³/mol. The molecule has 0 saturated heterocycles. The summed E-state index contributed by atoms with van der Waals surface area (Å²) < 4.78 is 29.4. The first-order valence-corrected chi connectivity index (χ1v) is 8.96. The van der Waals surface area contributed by atoms with E-state index in [4.69, 9.17) is 27.0 Å². The topological polar surface area (TPSA) is 43.4 Å². The van der Waals surface area contributed by atoms with E-state index in [-0.39, 0.29) is 22.3 Å². The zero-order chi connectivity index (χ0) is 14.8. The highest BCUT2D eigenvalue weighted by Gasteiger charge is 2.17. The highest BCUT2D eigenvalue weighted by molar-refractivity contribution is 9.10. The van der Waals surface area contributed by atoms with E-state index in [0.717, 1.165) is 10.0 Å². The van der Waals surface area contributed by atoms with E-state index in [1.807, 2.05) is 24.3 Å². The number of rotatable bonds is 4. The fourth-order valence-corrected chi connectivity index (χ4v) is 3.26. The molecule has 2 aromatic carbocycles. The summed E-state index contributed by atoms with van der Waals surface area (Å²) >= 11 is 9.13. The van der Waals surface area contributed by atoms with Crippen LogP contribution in [0.15, 0.2) is 51.8 Å². The molecule has 7 heteroatoms. The molecule has 0 fully saturated rings. The summed E-state index contributed by atoms with van der Waals surface area (Å²) in [6, 6.07) is 11.8. The van der Waals surface area contributed by atoms with Gasteiger partial charge in [-0.05, 0) is 35.9 Å². The van der Waals surface area contributed by atoms with Crippen LogP contribution in [0.25, 0.3) is 0 Å². The predicted octanol–water partition coefficient (Wildman–Crippen LogP) is 4.61. The third-order valence-corrected chi connectivity index (χ3v) is 4.52. The summed E-state index contributed by atoms with van der Waals surface area (Å²) in [6.07, 6.45) is 0. The van der Waals surface area contributed by atoms with Crippen LogP contribution in [0.5, 0.6) is 5.75 Å². The molecule has 0 aliphatic rings. The van der Waals surface area contributed by atoms with Crippen LogP contribution in [0.4, 0.5) is 0 Å². The highest BCUT2D eigenvalue weighted by Crippen LogP contribution is 2.30. The number of hydrogen-bond acceptors (Lipinski definition) is 3. The smallest absolute Gasteiger partial charge is 0.265 e. The number of benzene rings is 2. The molecule has 3 nitrogen and oxygen atoms in total. The number of halogens is 3. The normalized spacial score (nSPS) is 11.3. The summed E-state index contributed by atoms with van der Waals surface area (Å²) in [4.78, 5) is -0.137. The zero-order valence-electron chi connectivity index (χ0n) is 10.0. The van der Waals surface area contributed by atoms with E-state index in [1.54, 1.807) is 6.07 Å². The summed E-state index contributed by atoms with van der Waals surface area (Å²) in [5.74, 6) is 0.171. The lowest BCUT2D eigenvalue weighted by Crippen LogP contribution is -2.00. The lowest BCUT2D eigenvalue weighted by Gasteiger charge is -2.10. The molecule has 2 aromatic rings. The third-order valence-electron chi connectivity index (χ3n) is 2.45. The molecule has 0 N–H and O–H groups in total. The molecule has 0 atom stereocenters. The summed E-state index contributed by atoms with van der Waals surface area (Å²) in [5.41, 5.74) is 0.896. The number of ether oxygens (including phenoxy) is 1. The standard InChI is InChI=1S/C13H9BrCl2O3S/c14-10-3-1-2-9(6-10)8-19-12-5-4-11(15)7-13(12)20(16,17)18/h1-7H,8H2. The van der Waals surface area contributed by atoms with E-state index in [2.05, 4.69) is 15.9 Å². The Morgan fingerprint density at radius 1 is 1.15 bits per heavy atom. The fourth-order valence-electron chi connectivity index (χ4n) is 1.58. The molecule has 0 amide bonds. The van der Waals surface area contributed by atoms with Gasteiger partial charge in [-0.25, -0.2) is 8.42 Å². The molecule has 20 heavy (non-hydrogen) atoms. The quantitative estimate of drug-likeness (QED) is 0.710. The van der Waals surface area contributed by atoms with Gasteiger partial charge in [-0.3, -0.25) is 0 Å². The van der Waals surface area contributed by atoms with E-state index < -0.39 is 9.05 Å². The molecule has 0 saturated carbocycles. The lowest BCUT2D eigenvalue weighted by atomic mass is 10.2. The summed E-state index contributed by atoms with van der Waals surface area (Å²) in [5, 5.41) is 0.277. The first kappa shape index (κ1) is 15.6. The van der Waals surface area contributed by atoms with Crippen LogP contribution >= 0.6 is 38.2 Å². The van der Waals surface area contributed by atoms with Crippen molar-refractivity contribution in [3.05, 3.63) is 57.5 Å². The van der Waals surface area contributed by atoms with Crippen LogP contribution < -0.4 is 4.74 Å². The van der Waals surface area contributed by atoms with Crippen LogP contribution in [-0.4, -0.2) is 8.42 Å². The maximum absolute atomic E-state index is 11.5. The average molecular weight is 396 g/mol. The minimum Gasteiger partial charge on any atom is -0.487 e. The lowest BCUT2D eigenvalue weighted by molar-refractivity contribution is 0.298. The zero-order valence-corrected chi connectivity index (χ0v) is 13.9. The Bertz CT molecular complexity index is 732. The number of hydrogen-bond donors (Lipinski definition) is 0. The molecular formula is C13H9BrCl2O3S. The van der Waals surface area contributed by atoms with E-state index >= 15 is 0 Å². The monoisotopic (exact) mass is 394 g/mol. The van der Waals surface area contributed by atoms with Crippen molar-refractivity contribution >= 4 is 47.3 Å². The second kappa shape index (κ2) is 6.35. The van der Waals surface area contributed by atoms with Gasteiger partial charge in [-0.15, -0.1) is 0 Å². The van der Waals surface area contributed by atoms with Crippen molar-refractivity contribution in [2.24, 2.45) is 0 Å². The fraction of sp³-hybridized carbons (Fsp3) is 0.0769. The van der Waals surface area contributed by atoms with Crippen LogP contribution in [0.3, 0.4) is 0 Å².